The minimum absolute atomic E-state index is 0.117. The van der Waals surface area contributed by atoms with Crippen molar-refractivity contribution in [2.24, 2.45) is 0 Å². The van der Waals surface area contributed by atoms with E-state index in [0.717, 1.165) is 42.9 Å². The van der Waals surface area contributed by atoms with E-state index < -0.39 is 11.7 Å². The van der Waals surface area contributed by atoms with E-state index in [2.05, 4.69) is 25.4 Å². The Labute approximate surface area is 251 Å². The molecule has 5 aromatic rings. The number of halogens is 1. The SMILES string of the molecule is COc1ccc(F)cc1C(=O)NCc1ccc(-c2nn(CC3CCCCCN3C(=O)n3cncn3)c3ncnc(N)c23)cc1. The van der Waals surface area contributed by atoms with E-state index in [1.165, 1.54) is 42.9 Å². The number of methoxy groups -OCH3 is 1. The molecule has 0 saturated carbocycles. The van der Waals surface area contributed by atoms with E-state index >= 15 is 0 Å². The van der Waals surface area contributed by atoms with Crippen molar-refractivity contribution in [3.05, 3.63) is 78.4 Å². The molecule has 44 heavy (non-hydrogen) atoms. The van der Waals surface area contributed by atoms with Crippen molar-refractivity contribution in [1.29, 1.82) is 0 Å². The van der Waals surface area contributed by atoms with Gasteiger partial charge >= 0.3 is 6.03 Å². The third kappa shape index (κ3) is 5.78. The summed E-state index contributed by atoms with van der Waals surface area (Å²) in [6.07, 6.45) is 7.88. The van der Waals surface area contributed by atoms with Gasteiger partial charge in [0.1, 0.15) is 42.1 Å². The molecule has 2 amide bonds. The first-order chi connectivity index (χ1) is 21.4. The molecule has 1 aliphatic heterocycles. The van der Waals surface area contributed by atoms with Crippen LogP contribution in [0.4, 0.5) is 15.0 Å². The Kier molecular flexibility index (Phi) is 8.12. The zero-order valence-corrected chi connectivity index (χ0v) is 24.1. The van der Waals surface area contributed by atoms with Crippen molar-refractivity contribution in [1.82, 2.24) is 44.7 Å². The Bertz CT molecular complexity index is 1790. The fraction of sp³-hybridized carbons (Fsp3) is 0.300. The second kappa shape index (κ2) is 12.5. The van der Waals surface area contributed by atoms with Crippen molar-refractivity contribution in [3.63, 3.8) is 0 Å². The summed E-state index contributed by atoms with van der Waals surface area (Å²) in [7, 11) is 1.43. The van der Waals surface area contributed by atoms with Crippen LogP contribution in [0.25, 0.3) is 22.3 Å². The van der Waals surface area contributed by atoms with Gasteiger partial charge in [0.2, 0.25) is 0 Å². The molecule has 1 aliphatic rings. The van der Waals surface area contributed by atoms with Crippen LogP contribution in [0.15, 0.2) is 61.4 Å². The number of hydrogen-bond donors (Lipinski definition) is 2. The fourth-order valence-corrected chi connectivity index (χ4v) is 5.53. The normalized spacial score (nSPS) is 15.2. The number of carbonyl (C=O) groups is 2. The molecule has 4 heterocycles. The topological polar surface area (TPSA) is 159 Å². The van der Waals surface area contributed by atoms with E-state index in [1.54, 1.807) is 4.68 Å². The summed E-state index contributed by atoms with van der Waals surface area (Å²) in [4.78, 5) is 40.5. The largest absolute Gasteiger partial charge is 0.496 e. The zero-order valence-electron chi connectivity index (χ0n) is 24.1. The number of nitrogens with two attached hydrogens (primary N) is 1. The standard InChI is InChI=1S/C30H31FN10O3/c1-44-24-11-10-21(31)13-23(24)29(42)34-14-19-6-8-20(9-7-19)26-25-27(32)35-17-36-28(25)40(38-26)15-22-5-3-2-4-12-39(22)30(43)41-18-33-16-37-41/h6-11,13,16-18,22H,2-5,12,14-15H2,1H3,(H,34,42)(H2,32,35,36). The molecule has 6 rings (SSSR count). The zero-order chi connectivity index (χ0) is 30.6. The van der Waals surface area contributed by atoms with Gasteiger partial charge in [0.05, 0.1) is 30.6 Å². The summed E-state index contributed by atoms with van der Waals surface area (Å²) in [6, 6.07) is 10.9. The number of nitrogens with zero attached hydrogens (tertiary/aromatic N) is 8. The summed E-state index contributed by atoms with van der Waals surface area (Å²) in [5.41, 5.74) is 9.25. The van der Waals surface area contributed by atoms with Crippen molar-refractivity contribution in [3.8, 4) is 17.0 Å². The number of benzene rings is 2. The summed E-state index contributed by atoms with van der Waals surface area (Å²) >= 11 is 0. The van der Waals surface area contributed by atoms with Crippen LogP contribution >= 0.6 is 0 Å². The molecule has 14 heteroatoms. The number of nitrogens with one attached hydrogen (secondary N) is 1. The van der Waals surface area contributed by atoms with Crippen LogP contribution in [0, 0.1) is 5.82 Å². The van der Waals surface area contributed by atoms with E-state index in [4.69, 9.17) is 15.6 Å². The second-order valence-corrected chi connectivity index (χ2v) is 10.5. The molecule has 1 atom stereocenters. The first kappa shape index (κ1) is 28.7. The number of nitrogen functional groups attached to an aromatic ring is 1. The number of likely N-dealkylation sites (tertiary alicyclic amines) is 1. The van der Waals surface area contributed by atoms with E-state index in [0.29, 0.717) is 35.6 Å². The van der Waals surface area contributed by atoms with E-state index in [-0.39, 0.29) is 29.9 Å². The molecule has 226 valence electrons. The Morgan fingerprint density at radius 3 is 2.70 bits per heavy atom. The molecule has 1 unspecified atom stereocenters. The molecule has 0 bridgehead atoms. The van der Waals surface area contributed by atoms with Crippen LogP contribution in [0.1, 0.15) is 41.6 Å². The van der Waals surface area contributed by atoms with Crippen LogP contribution in [0.3, 0.4) is 0 Å². The third-order valence-electron chi connectivity index (χ3n) is 7.77. The van der Waals surface area contributed by atoms with Gasteiger partial charge in [0.25, 0.3) is 5.91 Å². The number of carbonyl (C=O) groups excluding carboxylic acids is 2. The maximum Gasteiger partial charge on any atom is 0.346 e. The highest BCUT2D eigenvalue weighted by Crippen LogP contribution is 2.31. The molecule has 13 nitrogen and oxygen atoms in total. The molecule has 3 aromatic heterocycles. The summed E-state index contributed by atoms with van der Waals surface area (Å²) in [5.74, 6) is -0.386. The number of hydrogen-bond acceptors (Lipinski definition) is 9. The lowest BCUT2D eigenvalue weighted by Gasteiger charge is -2.29. The van der Waals surface area contributed by atoms with Gasteiger partial charge in [0, 0.05) is 18.7 Å². The summed E-state index contributed by atoms with van der Waals surface area (Å²) < 4.78 is 22.0. The van der Waals surface area contributed by atoms with Crippen LogP contribution in [0.5, 0.6) is 5.75 Å². The van der Waals surface area contributed by atoms with Crippen molar-refractivity contribution >= 4 is 28.8 Å². The molecule has 1 fully saturated rings. The van der Waals surface area contributed by atoms with Gasteiger partial charge in [-0.2, -0.15) is 14.9 Å². The number of ether oxygens (including phenoxy) is 1. The average Bonchev–Trinajstić information content (AvgIpc) is 3.64. The van der Waals surface area contributed by atoms with Gasteiger partial charge in [-0.1, -0.05) is 37.1 Å². The van der Waals surface area contributed by atoms with E-state index in [9.17, 15) is 14.0 Å². The molecule has 0 radical (unpaired) electrons. The Morgan fingerprint density at radius 1 is 1.09 bits per heavy atom. The smallest absolute Gasteiger partial charge is 0.346 e. The van der Waals surface area contributed by atoms with E-state index in [1.807, 2.05) is 29.2 Å². The monoisotopic (exact) mass is 598 g/mol. The predicted molar refractivity (Wildman–Crippen MR) is 159 cm³/mol. The Hall–Kier alpha value is -5.40. The van der Waals surface area contributed by atoms with Crippen molar-refractivity contribution < 1.29 is 18.7 Å². The molecule has 0 aliphatic carbocycles. The van der Waals surface area contributed by atoms with Crippen LogP contribution in [-0.2, 0) is 13.1 Å². The lowest BCUT2D eigenvalue weighted by atomic mass is 10.1. The number of anilines is 1. The maximum absolute atomic E-state index is 13.7. The van der Waals surface area contributed by atoms with Crippen LogP contribution in [-0.4, -0.2) is 71.0 Å². The number of aromatic nitrogens is 7. The maximum atomic E-state index is 13.7. The van der Waals surface area contributed by atoms with Crippen molar-refractivity contribution in [2.75, 3.05) is 19.4 Å². The lowest BCUT2D eigenvalue weighted by Crippen LogP contribution is -2.44. The number of rotatable bonds is 7. The molecule has 2 aromatic carbocycles. The van der Waals surface area contributed by atoms with Crippen LogP contribution in [0.2, 0.25) is 0 Å². The third-order valence-corrected chi connectivity index (χ3v) is 7.77. The quantitative estimate of drug-likeness (QED) is 0.285. The van der Waals surface area contributed by atoms with Gasteiger partial charge in [-0.3, -0.25) is 4.79 Å². The highest BCUT2D eigenvalue weighted by molar-refractivity contribution is 5.98. The number of fused-ring (bicyclic) bond motifs is 1. The van der Waals surface area contributed by atoms with Crippen molar-refractivity contribution in [2.45, 2.75) is 44.8 Å². The van der Waals surface area contributed by atoms with Gasteiger partial charge < -0.3 is 20.7 Å². The Balaban J connectivity index is 1.24. The average molecular weight is 599 g/mol. The van der Waals surface area contributed by atoms with Gasteiger partial charge in [-0.05, 0) is 36.6 Å². The van der Waals surface area contributed by atoms with Gasteiger partial charge in [0.15, 0.2) is 5.65 Å². The predicted octanol–water partition coefficient (Wildman–Crippen LogP) is 3.66. The fourth-order valence-electron chi connectivity index (χ4n) is 5.53. The van der Waals surface area contributed by atoms with Gasteiger partial charge in [-0.15, -0.1) is 0 Å². The molecular formula is C30H31FN10O3. The molecule has 0 spiro atoms. The molecular weight excluding hydrogens is 567 g/mol. The first-order valence-electron chi connectivity index (χ1n) is 14.3. The minimum Gasteiger partial charge on any atom is -0.496 e. The summed E-state index contributed by atoms with van der Waals surface area (Å²) in [5, 5.41) is 12.4. The lowest BCUT2D eigenvalue weighted by molar-refractivity contribution is 0.0947. The Morgan fingerprint density at radius 2 is 1.93 bits per heavy atom. The highest BCUT2D eigenvalue weighted by atomic mass is 19.1. The molecule has 1 saturated heterocycles. The summed E-state index contributed by atoms with van der Waals surface area (Å²) in [6.45, 7) is 1.24. The number of amides is 2. The highest BCUT2D eigenvalue weighted by Gasteiger charge is 2.29. The first-order valence-corrected chi connectivity index (χ1v) is 14.3. The second-order valence-electron chi connectivity index (χ2n) is 10.5. The van der Waals surface area contributed by atoms with Crippen LogP contribution < -0.4 is 15.8 Å². The minimum atomic E-state index is -0.524. The molecule has 3 N–H and O–H groups in total. The van der Waals surface area contributed by atoms with Gasteiger partial charge in [-0.25, -0.2) is 28.8 Å².